The first-order valence-corrected chi connectivity index (χ1v) is 7.55. The number of alkyl halides is 3. The predicted molar refractivity (Wildman–Crippen MR) is 77.9 cm³/mol. The molecule has 1 spiro atoms. The summed E-state index contributed by atoms with van der Waals surface area (Å²) in [6.07, 6.45) is -2.69. The maximum absolute atomic E-state index is 13.5. The molecule has 4 nitrogen and oxygen atoms in total. The summed E-state index contributed by atoms with van der Waals surface area (Å²) in [6.45, 7) is 4.74. The van der Waals surface area contributed by atoms with E-state index in [4.69, 9.17) is 14.6 Å². The quantitative estimate of drug-likeness (QED) is 0.834. The van der Waals surface area contributed by atoms with Crippen molar-refractivity contribution < 1.29 is 32.2 Å². The van der Waals surface area contributed by atoms with Gasteiger partial charge >= 0.3 is 12.1 Å². The fraction of sp³-hybridized carbons (Fsp3) is 0.562. The van der Waals surface area contributed by atoms with Crippen LogP contribution in [-0.2, 0) is 16.1 Å². The highest BCUT2D eigenvalue weighted by Crippen LogP contribution is 2.38. The zero-order valence-electron chi connectivity index (χ0n) is 13.0. The number of halogens is 4. The first-order chi connectivity index (χ1) is 11.2. The number of hydrogen-bond acceptors (Lipinski definition) is 3. The molecule has 2 fully saturated rings. The number of ether oxygens (including phenoxy) is 1. The lowest BCUT2D eigenvalue weighted by Crippen LogP contribution is -2.50. The summed E-state index contributed by atoms with van der Waals surface area (Å²) in [5.74, 6) is -2.84. The Morgan fingerprint density at radius 1 is 1.21 bits per heavy atom. The summed E-state index contributed by atoms with van der Waals surface area (Å²) < 4.78 is 50.6. The van der Waals surface area contributed by atoms with Crippen molar-refractivity contribution in [1.82, 2.24) is 4.90 Å². The van der Waals surface area contributed by atoms with Gasteiger partial charge in [0.1, 0.15) is 5.82 Å². The van der Waals surface area contributed by atoms with E-state index in [1.54, 1.807) is 12.1 Å². The highest BCUT2D eigenvalue weighted by Gasteiger charge is 2.41. The standard InChI is InChI=1S/C14H18FNO.C2HF3O2/c15-13-4-2-1-3-12(13)9-16-7-5-14(6-8-16)10-17-11-14;3-2(4,5)1(6)7/h1-4H,5-11H2;(H,6,7). The maximum atomic E-state index is 13.5. The lowest BCUT2D eigenvalue weighted by molar-refractivity contribution is -0.192. The van der Waals surface area contributed by atoms with Crippen LogP contribution in [0.3, 0.4) is 0 Å². The molecule has 2 aliphatic rings. The molecule has 0 saturated carbocycles. The molecule has 0 aromatic heterocycles. The van der Waals surface area contributed by atoms with Crippen molar-refractivity contribution in [3.63, 3.8) is 0 Å². The third-order valence-electron chi connectivity index (χ3n) is 4.33. The Morgan fingerprint density at radius 3 is 2.17 bits per heavy atom. The van der Waals surface area contributed by atoms with Gasteiger partial charge in [0, 0.05) is 17.5 Å². The van der Waals surface area contributed by atoms with Gasteiger partial charge in [0.15, 0.2) is 0 Å². The molecule has 3 rings (SSSR count). The lowest BCUT2D eigenvalue weighted by atomic mass is 9.77. The van der Waals surface area contributed by atoms with E-state index in [9.17, 15) is 17.6 Å². The molecule has 24 heavy (non-hydrogen) atoms. The Kier molecular flexibility index (Phi) is 5.82. The molecule has 0 atom stereocenters. The number of benzene rings is 1. The minimum atomic E-state index is -5.08. The summed E-state index contributed by atoms with van der Waals surface area (Å²) in [6, 6.07) is 7.08. The number of carboxylic acids is 1. The van der Waals surface area contributed by atoms with Crippen molar-refractivity contribution in [2.45, 2.75) is 25.6 Å². The van der Waals surface area contributed by atoms with Gasteiger partial charge in [0.05, 0.1) is 13.2 Å². The number of likely N-dealkylation sites (tertiary alicyclic amines) is 1. The molecule has 1 aromatic rings. The van der Waals surface area contributed by atoms with Gasteiger partial charge in [-0.1, -0.05) is 18.2 Å². The molecule has 0 aliphatic carbocycles. The molecule has 0 unspecified atom stereocenters. The van der Waals surface area contributed by atoms with Crippen LogP contribution >= 0.6 is 0 Å². The average Bonchev–Trinajstić information content (AvgIpc) is 2.48. The monoisotopic (exact) mass is 349 g/mol. The number of carboxylic acid groups (broad SMARTS) is 1. The Morgan fingerprint density at radius 2 is 1.75 bits per heavy atom. The molecule has 2 heterocycles. The second-order valence-electron chi connectivity index (χ2n) is 6.16. The van der Waals surface area contributed by atoms with Crippen LogP contribution in [0.2, 0.25) is 0 Å². The molecular weight excluding hydrogens is 330 g/mol. The van der Waals surface area contributed by atoms with Crippen LogP contribution < -0.4 is 0 Å². The molecule has 0 radical (unpaired) electrons. The fourth-order valence-corrected chi connectivity index (χ4v) is 2.73. The molecule has 1 aromatic carbocycles. The van der Waals surface area contributed by atoms with Crippen molar-refractivity contribution in [2.75, 3.05) is 26.3 Å². The lowest BCUT2D eigenvalue weighted by Gasteiger charge is -2.47. The number of rotatable bonds is 2. The van der Waals surface area contributed by atoms with Crippen LogP contribution in [-0.4, -0.2) is 48.5 Å². The highest BCUT2D eigenvalue weighted by atomic mass is 19.4. The van der Waals surface area contributed by atoms with Gasteiger partial charge < -0.3 is 9.84 Å². The van der Waals surface area contributed by atoms with E-state index in [1.807, 2.05) is 12.1 Å². The van der Waals surface area contributed by atoms with Crippen molar-refractivity contribution in [1.29, 1.82) is 0 Å². The fourth-order valence-electron chi connectivity index (χ4n) is 2.73. The first-order valence-electron chi connectivity index (χ1n) is 7.55. The van der Waals surface area contributed by atoms with E-state index >= 15 is 0 Å². The van der Waals surface area contributed by atoms with Gasteiger partial charge in [-0.15, -0.1) is 0 Å². The zero-order valence-corrected chi connectivity index (χ0v) is 13.0. The predicted octanol–water partition coefficient (Wildman–Crippen LogP) is 3.07. The summed E-state index contributed by atoms with van der Waals surface area (Å²) in [7, 11) is 0. The van der Waals surface area contributed by atoms with Crippen molar-refractivity contribution in [3.8, 4) is 0 Å². The second kappa shape index (κ2) is 7.48. The second-order valence-corrected chi connectivity index (χ2v) is 6.16. The van der Waals surface area contributed by atoms with E-state index < -0.39 is 12.1 Å². The van der Waals surface area contributed by atoms with E-state index in [0.717, 1.165) is 38.4 Å². The van der Waals surface area contributed by atoms with Gasteiger partial charge in [-0.2, -0.15) is 13.2 Å². The van der Waals surface area contributed by atoms with Gasteiger partial charge in [-0.05, 0) is 32.0 Å². The largest absolute Gasteiger partial charge is 0.490 e. The molecule has 2 aliphatic heterocycles. The van der Waals surface area contributed by atoms with E-state index in [2.05, 4.69) is 4.90 Å². The minimum absolute atomic E-state index is 0.0836. The zero-order chi connectivity index (χ0) is 17.8. The summed E-state index contributed by atoms with van der Waals surface area (Å²) in [5, 5.41) is 7.12. The van der Waals surface area contributed by atoms with Crippen LogP contribution in [0.1, 0.15) is 18.4 Å². The Labute approximate surface area is 137 Å². The molecule has 2 saturated heterocycles. The molecule has 0 bridgehead atoms. The number of nitrogens with zero attached hydrogens (tertiary/aromatic N) is 1. The summed E-state index contributed by atoms with van der Waals surface area (Å²) in [4.78, 5) is 11.2. The maximum Gasteiger partial charge on any atom is 0.490 e. The number of aliphatic carboxylic acids is 1. The molecule has 8 heteroatoms. The van der Waals surface area contributed by atoms with Crippen molar-refractivity contribution in [3.05, 3.63) is 35.6 Å². The first kappa shape index (κ1) is 18.7. The Balaban J connectivity index is 0.000000256. The number of carbonyl (C=O) groups is 1. The Bertz CT molecular complexity index is 563. The SMILES string of the molecule is Fc1ccccc1CN1CCC2(CC1)COC2.O=C(O)C(F)(F)F. The molecular formula is C16H19F4NO3. The highest BCUT2D eigenvalue weighted by molar-refractivity contribution is 5.73. The Hall–Kier alpha value is -1.67. The van der Waals surface area contributed by atoms with Crippen LogP contribution in [0.25, 0.3) is 0 Å². The number of piperidine rings is 1. The van der Waals surface area contributed by atoms with Gasteiger partial charge in [0.2, 0.25) is 0 Å². The van der Waals surface area contributed by atoms with Crippen LogP contribution in [0.5, 0.6) is 0 Å². The molecule has 1 N–H and O–H groups in total. The smallest absolute Gasteiger partial charge is 0.475 e. The normalized spacial score (nSPS) is 20.0. The van der Waals surface area contributed by atoms with E-state index in [1.165, 1.54) is 12.8 Å². The average molecular weight is 349 g/mol. The van der Waals surface area contributed by atoms with Gasteiger partial charge in [0.25, 0.3) is 0 Å². The van der Waals surface area contributed by atoms with E-state index in [0.29, 0.717) is 5.41 Å². The van der Waals surface area contributed by atoms with Crippen molar-refractivity contribution >= 4 is 5.97 Å². The minimum Gasteiger partial charge on any atom is -0.475 e. The number of hydrogen-bond donors (Lipinski definition) is 1. The van der Waals surface area contributed by atoms with Crippen molar-refractivity contribution in [2.24, 2.45) is 5.41 Å². The summed E-state index contributed by atoms with van der Waals surface area (Å²) in [5.41, 5.74) is 1.28. The van der Waals surface area contributed by atoms with E-state index in [-0.39, 0.29) is 5.82 Å². The molecule has 134 valence electrons. The van der Waals surface area contributed by atoms with Gasteiger partial charge in [-0.25, -0.2) is 9.18 Å². The van der Waals surface area contributed by atoms with Crippen LogP contribution in [0.15, 0.2) is 24.3 Å². The third kappa shape index (κ3) is 4.91. The topological polar surface area (TPSA) is 49.8 Å². The molecule has 0 amide bonds. The van der Waals surface area contributed by atoms with Gasteiger partial charge in [-0.3, -0.25) is 4.90 Å². The van der Waals surface area contributed by atoms with Crippen LogP contribution in [0, 0.1) is 11.2 Å². The third-order valence-corrected chi connectivity index (χ3v) is 4.33. The van der Waals surface area contributed by atoms with Crippen LogP contribution in [0.4, 0.5) is 17.6 Å². The summed E-state index contributed by atoms with van der Waals surface area (Å²) >= 11 is 0.